The fraction of sp³-hybridized carbons (Fsp3) is 0.200. The SMILES string of the molecule is CCCc1ccccc1-c1ccc(Br)cc1. The minimum Gasteiger partial charge on any atom is -0.0651 e. The van der Waals surface area contributed by atoms with E-state index in [0.717, 1.165) is 10.9 Å². The second-order valence-electron chi connectivity index (χ2n) is 3.91. The fourth-order valence-corrected chi connectivity index (χ4v) is 2.18. The van der Waals surface area contributed by atoms with Crippen LogP contribution in [-0.2, 0) is 6.42 Å². The Balaban J connectivity index is 2.42. The first-order valence-electron chi connectivity index (χ1n) is 5.65. The fourth-order valence-electron chi connectivity index (χ4n) is 1.92. The maximum Gasteiger partial charge on any atom is 0.0175 e. The molecule has 0 atom stereocenters. The Hall–Kier alpha value is -1.08. The van der Waals surface area contributed by atoms with Crippen molar-refractivity contribution in [2.24, 2.45) is 0 Å². The summed E-state index contributed by atoms with van der Waals surface area (Å²) >= 11 is 3.47. The molecule has 0 nitrogen and oxygen atoms in total. The number of halogens is 1. The van der Waals surface area contributed by atoms with Crippen molar-refractivity contribution >= 4 is 15.9 Å². The molecule has 0 amide bonds. The summed E-state index contributed by atoms with van der Waals surface area (Å²) in [6.07, 6.45) is 2.33. The molecule has 0 aliphatic carbocycles. The van der Waals surface area contributed by atoms with E-state index in [4.69, 9.17) is 0 Å². The third kappa shape index (κ3) is 2.53. The van der Waals surface area contributed by atoms with Crippen LogP contribution in [0.1, 0.15) is 18.9 Å². The van der Waals surface area contributed by atoms with Gasteiger partial charge in [0.1, 0.15) is 0 Å². The Morgan fingerprint density at radius 2 is 1.62 bits per heavy atom. The molecule has 16 heavy (non-hydrogen) atoms. The molecule has 0 N–H and O–H groups in total. The van der Waals surface area contributed by atoms with E-state index >= 15 is 0 Å². The molecular formula is C15H15Br. The molecule has 1 heteroatoms. The number of rotatable bonds is 3. The van der Waals surface area contributed by atoms with Gasteiger partial charge in [0, 0.05) is 4.47 Å². The molecule has 0 saturated heterocycles. The Morgan fingerprint density at radius 1 is 0.938 bits per heavy atom. The van der Waals surface area contributed by atoms with E-state index in [9.17, 15) is 0 Å². The predicted molar refractivity (Wildman–Crippen MR) is 73.6 cm³/mol. The first-order chi connectivity index (χ1) is 7.81. The molecule has 0 aromatic heterocycles. The van der Waals surface area contributed by atoms with Crippen molar-refractivity contribution < 1.29 is 0 Å². The molecule has 0 spiro atoms. The number of benzene rings is 2. The van der Waals surface area contributed by atoms with Crippen LogP contribution in [0.5, 0.6) is 0 Å². The van der Waals surface area contributed by atoms with E-state index in [1.807, 2.05) is 0 Å². The van der Waals surface area contributed by atoms with Gasteiger partial charge in [0.2, 0.25) is 0 Å². The van der Waals surface area contributed by atoms with Crippen molar-refractivity contribution in [2.45, 2.75) is 19.8 Å². The van der Waals surface area contributed by atoms with Crippen molar-refractivity contribution in [1.29, 1.82) is 0 Å². The number of aryl methyl sites for hydroxylation is 1. The Morgan fingerprint density at radius 3 is 2.31 bits per heavy atom. The van der Waals surface area contributed by atoms with Gasteiger partial charge in [-0.25, -0.2) is 0 Å². The maximum absolute atomic E-state index is 3.47. The second kappa shape index (κ2) is 5.31. The minimum atomic E-state index is 1.13. The van der Waals surface area contributed by atoms with E-state index in [1.54, 1.807) is 0 Å². The summed E-state index contributed by atoms with van der Waals surface area (Å²) in [6, 6.07) is 17.2. The molecule has 0 radical (unpaired) electrons. The van der Waals surface area contributed by atoms with Crippen molar-refractivity contribution in [3.05, 3.63) is 58.6 Å². The van der Waals surface area contributed by atoms with Crippen LogP contribution in [0.15, 0.2) is 53.0 Å². The lowest BCUT2D eigenvalue weighted by molar-refractivity contribution is 0.923. The molecule has 0 aliphatic rings. The molecule has 0 unspecified atom stereocenters. The van der Waals surface area contributed by atoms with Gasteiger partial charge in [0.05, 0.1) is 0 Å². The summed E-state index contributed by atoms with van der Waals surface area (Å²) in [5, 5.41) is 0. The molecular weight excluding hydrogens is 260 g/mol. The highest BCUT2D eigenvalue weighted by molar-refractivity contribution is 9.10. The molecule has 2 rings (SSSR count). The van der Waals surface area contributed by atoms with Gasteiger partial charge in [0.15, 0.2) is 0 Å². The quantitative estimate of drug-likeness (QED) is 0.733. The minimum absolute atomic E-state index is 1.13. The monoisotopic (exact) mass is 274 g/mol. The molecule has 0 bridgehead atoms. The zero-order chi connectivity index (χ0) is 11.4. The summed E-state index contributed by atoms with van der Waals surface area (Å²) in [5.74, 6) is 0. The largest absolute Gasteiger partial charge is 0.0651 e. The maximum atomic E-state index is 3.47. The van der Waals surface area contributed by atoms with E-state index < -0.39 is 0 Å². The van der Waals surface area contributed by atoms with Crippen LogP contribution in [0, 0.1) is 0 Å². The van der Waals surface area contributed by atoms with E-state index in [2.05, 4.69) is 71.4 Å². The molecule has 0 aliphatic heterocycles. The Labute approximate surface area is 105 Å². The lowest BCUT2D eigenvalue weighted by atomic mass is 9.97. The van der Waals surface area contributed by atoms with Crippen molar-refractivity contribution in [2.75, 3.05) is 0 Å². The number of hydrogen-bond acceptors (Lipinski definition) is 0. The highest BCUT2D eigenvalue weighted by atomic mass is 79.9. The van der Waals surface area contributed by atoms with Gasteiger partial charge in [0.25, 0.3) is 0 Å². The average molecular weight is 275 g/mol. The van der Waals surface area contributed by atoms with Crippen molar-refractivity contribution in [3.63, 3.8) is 0 Å². The zero-order valence-corrected chi connectivity index (χ0v) is 11.0. The predicted octanol–water partition coefficient (Wildman–Crippen LogP) is 5.07. The van der Waals surface area contributed by atoms with Gasteiger partial charge in [-0.1, -0.05) is 65.7 Å². The van der Waals surface area contributed by atoms with Gasteiger partial charge in [-0.05, 0) is 35.2 Å². The van der Waals surface area contributed by atoms with Gasteiger partial charge < -0.3 is 0 Å². The van der Waals surface area contributed by atoms with Crippen molar-refractivity contribution in [1.82, 2.24) is 0 Å². The van der Waals surface area contributed by atoms with E-state index in [0.29, 0.717) is 0 Å². The van der Waals surface area contributed by atoms with Gasteiger partial charge in [-0.3, -0.25) is 0 Å². The molecule has 2 aromatic carbocycles. The Bertz CT molecular complexity index is 457. The van der Waals surface area contributed by atoms with Crippen LogP contribution in [0.3, 0.4) is 0 Å². The molecule has 0 saturated carbocycles. The topological polar surface area (TPSA) is 0 Å². The summed E-state index contributed by atoms with van der Waals surface area (Å²) in [4.78, 5) is 0. The van der Waals surface area contributed by atoms with Gasteiger partial charge in [-0.2, -0.15) is 0 Å². The summed E-state index contributed by atoms with van der Waals surface area (Å²) < 4.78 is 1.13. The van der Waals surface area contributed by atoms with Crippen LogP contribution >= 0.6 is 15.9 Å². The smallest absolute Gasteiger partial charge is 0.0175 e. The summed E-state index contributed by atoms with van der Waals surface area (Å²) in [6.45, 7) is 2.22. The lowest BCUT2D eigenvalue weighted by Gasteiger charge is -2.08. The molecule has 2 aromatic rings. The first-order valence-corrected chi connectivity index (χ1v) is 6.44. The lowest BCUT2D eigenvalue weighted by Crippen LogP contribution is -1.88. The third-order valence-corrected chi connectivity index (χ3v) is 3.22. The van der Waals surface area contributed by atoms with Crippen LogP contribution in [-0.4, -0.2) is 0 Å². The van der Waals surface area contributed by atoms with Crippen LogP contribution in [0.2, 0.25) is 0 Å². The van der Waals surface area contributed by atoms with E-state index in [-0.39, 0.29) is 0 Å². The number of hydrogen-bond donors (Lipinski definition) is 0. The highest BCUT2D eigenvalue weighted by Crippen LogP contribution is 2.25. The summed E-state index contributed by atoms with van der Waals surface area (Å²) in [7, 11) is 0. The summed E-state index contributed by atoms with van der Waals surface area (Å²) in [5.41, 5.74) is 4.09. The van der Waals surface area contributed by atoms with Gasteiger partial charge >= 0.3 is 0 Å². The zero-order valence-electron chi connectivity index (χ0n) is 9.41. The third-order valence-electron chi connectivity index (χ3n) is 2.69. The normalized spacial score (nSPS) is 10.4. The molecule has 82 valence electrons. The Kier molecular flexibility index (Phi) is 3.79. The first kappa shape index (κ1) is 11.4. The molecule has 0 fully saturated rings. The standard InChI is InChI=1S/C15H15Br/c1-2-5-12-6-3-4-7-15(12)13-8-10-14(16)11-9-13/h3-4,6-11H,2,5H2,1H3. The highest BCUT2D eigenvalue weighted by Gasteiger charge is 2.03. The van der Waals surface area contributed by atoms with Crippen molar-refractivity contribution in [3.8, 4) is 11.1 Å². The van der Waals surface area contributed by atoms with Crippen LogP contribution in [0.25, 0.3) is 11.1 Å². The van der Waals surface area contributed by atoms with Crippen LogP contribution in [0.4, 0.5) is 0 Å². The van der Waals surface area contributed by atoms with E-state index in [1.165, 1.54) is 23.1 Å². The van der Waals surface area contributed by atoms with Gasteiger partial charge in [-0.15, -0.1) is 0 Å². The molecule has 0 heterocycles. The second-order valence-corrected chi connectivity index (χ2v) is 4.83. The average Bonchev–Trinajstić information content (AvgIpc) is 2.32. The van der Waals surface area contributed by atoms with Crippen LogP contribution < -0.4 is 0 Å².